The van der Waals surface area contributed by atoms with Crippen LogP contribution in [0.25, 0.3) is 0 Å². The smallest absolute Gasteiger partial charge is 0.167 e. The molecule has 0 saturated carbocycles. The van der Waals surface area contributed by atoms with Gasteiger partial charge in [-0.25, -0.2) is 0 Å². The van der Waals surface area contributed by atoms with E-state index in [1.165, 1.54) is 13.2 Å². The molecule has 0 spiro atoms. The van der Waals surface area contributed by atoms with Crippen LogP contribution in [0.1, 0.15) is 22.3 Å². The first-order chi connectivity index (χ1) is 7.10. The minimum atomic E-state index is -0.159. The van der Waals surface area contributed by atoms with E-state index in [9.17, 15) is 9.90 Å². The average molecular weight is 229 g/mol. The van der Waals surface area contributed by atoms with Gasteiger partial charge < -0.3 is 9.84 Å². The lowest BCUT2D eigenvalue weighted by molar-refractivity contribution is 0.0986. The summed E-state index contributed by atoms with van der Waals surface area (Å²) < 4.78 is 5.02. The third kappa shape index (κ3) is 2.63. The highest BCUT2D eigenvalue weighted by Crippen LogP contribution is 2.28. The van der Waals surface area contributed by atoms with E-state index in [4.69, 9.17) is 16.3 Å². The first-order valence-electron chi connectivity index (χ1n) is 4.57. The number of phenolic OH excluding ortho intramolecular Hbond substituents is 1. The van der Waals surface area contributed by atoms with Gasteiger partial charge in [0.15, 0.2) is 5.78 Å². The van der Waals surface area contributed by atoms with E-state index in [0.29, 0.717) is 11.3 Å². The Balaban J connectivity index is 3.10. The first-order valence-corrected chi connectivity index (χ1v) is 5.10. The van der Waals surface area contributed by atoms with E-state index in [0.717, 1.165) is 5.56 Å². The van der Waals surface area contributed by atoms with Gasteiger partial charge in [-0.1, -0.05) is 0 Å². The first kappa shape index (κ1) is 11.9. The normalized spacial score (nSPS) is 10.1. The van der Waals surface area contributed by atoms with Crippen LogP contribution in [-0.2, 0) is 0 Å². The average Bonchev–Trinajstić information content (AvgIpc) is 2.21. The fraction of sp³-hybridized carbons (Fsp3) is 0.364. The lowest BCUT2D eigenvalue weighted by Crippen LogP contribution is -2.01. The third-order valence-corrected chi connectivity index (χ3v) is 2.32. The number of aryl methyl sites for hydroxylation is 1. The zero-order chi connectivity index (χ0) is 11.4. The molecule has 1 rings (SSSR count). The monoisotopic (exact) mass is 228 g/mol. The van der Waals surface area contributed by atoms with Crippen LogP contribution in [0.15, 0.2) is 12.1 Å². The highest BCUT2D eigenvalue weighted by molar-refractivity contribution is 6.19. The predicted molar refractivity (Wildman–Crippen MR) is 59.1 cm³/mol. The Hall–Kier alpha value is -1.22. The Morgan fingerprint density at radius 3 is 2.73 bits per heavy atom. The minimum absolute atomic E-state index is 0.0624. The van der Waals surface area contributed by atoms with E-state index in [2.05, 4.69) is 0 Å². The summed E-state index contributed by atoms with van der Waals surface area (Å²) in [6.07, 6.45) is 0.223. The number of alkyl halides is 1. The summed E-state index contributed by atoms with van der Waals surface area (Å²) in [4.78, 5) is 11.5. The molecule has 0 atom stereocenters. The molecular weight excluding hydrogens is 216 g/mol. The van der Waals surface area contributed by atoms with Crippen molar-refractivity contribution in [1.82, 2.24) is 0 Å². The molecule has 1 N–H and O–H groups in total. The van der Waals surface area contributed by atoms with Crippen LogP contribution < -0.4 is 4.74 Å². The number of aromatic hydroxyl groups is 1. The number of methoxy groups -OCH3 is 1. The fourth-order valence-electron chi connectivity index (χ4n) is 1.34. The van der Waals surface area contributed by atoms with Gasteiger partial charge in [0, 0.05) is 18.4 Å². The topological polar surface area (TPSA) is 46.5 Å². The van der Waals surface area contributed by atoms with Crippen molar-refractivity contribution < 1.29 is 14.6 Å². The molecule has 0 bridgehead atoms. The number of carbonyl (C=O) groups is 1. The number of ether oxygens (including phenoxy) is 1. The number of halogens is 1. The highest BCUT2D eigenvalue weighted by atomic mass is 35.5. The Morgan fingerprint density at radius 1 is 1.53 bits per heavy atom. The van der Waals surface area contributed by atoms with Crippen LogP contribution in [0, 0.1) is 6.92 Å². The molecule has 0 unspecified atom stereocenters. The second kappa shape index (κ2) is 5.03. The van der Waals surface area contributed by atoms with Gasteiger partial charge >= 0.3 is 0 Å². The molecule has 0 heterocycles. The van der Waals surface area contributed by atoms with Crippen molar-refractivity contribution in [1.29, 1.82) is 0 Å². The predicted octanol–water partition coefficient (Wildman–Crippen LogP) is 2.52. The molecule has 0 amide bonds. The number of hydrogen-bond donors (Lipinski definition) is 1. The molecule has 0 aliphatic carbocycles. The van der Waals surface area contributed by atoms with Crippen molar-refractivity contribution in [2.45, 2.75) is 13.3 Å². The van der Waals surface area contributed by atoms with Crippen molar-refractivity contribution in [2.24, 2.45) is 0 Å². The number of benzene rings is 1. The maximum absolute atomic E-state index is 11.5. The van der Waals surface area contributed by atoms with Crippen LogP contribution in [0.3, 0.4) is 0 Å². The molecule has 4 heteroatoms. The lowest BCUT2D eigenvalue weighted by Gasteiger charge is -2.08. The number of carbonyl (C=O) groups excluding carboxylic acids is 1. The summed E-state index contributed by atoms with van der Waals surface area (Å²) in [6, 6.07) is 3.06. The summed E-state index contributed by atoms with van der Waals surface area (Å²) in [5.74, 6) is 0.597. The van der Waals surface area contributed by atoms with Crippen LogP contribution in [-0.4, -0.2) is 23.9 Å². The molecule has 82 valence electrons. The second-order valence-corrected chi connectivity index (χ2v) is 3.58. The number of ketones is 1. The Morgan fingerprint density at radius 2 is 2.20 bits per heavy atom. The molecule has 0 aromatic heterocycles. The molecule has 1 aromatic carbocycles. The summed E-state index contributed by atoms with van der Waals surface area (Å²) in [5.41, 5.74) is 1.11. The molecule has 1 aromatic rings. The summed E-state index contributed by atoms with van der Waals surface area (Å²) >= 11 is 5.47. The Labute approximate surface area is 93.6 Å². The van der Waals surface area contributed by atoms with Crippen LogP contribution in [0.5, 0.6) is 11.5 Å². The fourth-order valence-corrected chi connectivity index (χ4v) is 1.51. The second-order valence-electron chi connectivity index (χ2n) is 3.20. The van der Waals surface area contributed by atoms with Gasteiger partial charge in [0.05, 0.1) is 12.7 Å². The standard InChI is InChI=1S/C11H13ClO3/c1-7-5-8(9(13)3-4-12)10(14)6-11(7)15-2/h5-6,14H,3-4H2,1-2H3. The molecule has 0 radical (unpaired) electrons. The number of phenols is 1. The number of Topliss-reactive ketones (excluding diaryl/α,β-unsaturated/α-hetero) is 1. The van der Waals surface area contributed by atoms with Gasteiger partial charge in [-0.2, -0.15) is 0 Å². The molecule has 0 fully saturated rings. The SMILES string of the molecule is COc1cc(O)c(C(=O)CCCl)cc1C. The molecule has 3 nitrogen and oxygen atoms in total. The van der Waals surface area contributed by atoms with Gasteiger partial charge in [0.2, 0.25) is 0 Å². The van der Waals surface area contributed by atoms with Gasteiger partial charge in [-0.3, -0.25) is 4.79 Å². The van der Waals surface area contributed by atoms with Crippen LogP contribution in [0.2, 0.25) is 0 Å². The number of hydrogen-bond acceptors (Lipinski definition) is 3. The van der Waals surface area contributed by atoms with E-state index in [1.807, 2.05) is 6.92 Å². The molecule has 15 heavy (non-hydrogen) atoms. The zero-order valence-electron chi connectivity index (χ0n) is 8.71. The van der Waals surface area contributed by atoms with Crippen molar-refractivity contribution in [3.05, 3.63) is 23.3 Å². The zero-order valence-corrected chi connectivity index (χ0v) is 9.47. The van der Waals surface area contributed by atoms with Gasteiger partial charge in [-0.05, 0) is 18.6 Å². The summed E-state index contributed by atoms with van der Waals surface area (Å²) in [5, 5.41) is 9.60. The van der Waals surface area contributed by atoms with E-state index < -0.39 is 0 Å². The van der Waals surface area contributed by atoms with Crippen molar-refractivity contribution in [3.63, 3.8) is 0 Å². The van der Waals surface area contributed by atoms with E-state index >= 15 is 0 Å². The Kier molecular flexibility index (Phi) is 3.97. The molecule has 0 aliphatic heterocycles. The third-order valence-electron chi connectivity index (χ3n) is 2.14. The minimum Gasteiger partial charge on any atom is -0.507 e. The van der Waals surface area contributed by atoms with Crippen molar-refractivity contribution in [2.75, 3.05) is 13.0 Å². The quantitative estimate of drug-likeness (QED) is 0.636. The Bertz CT molecular complexity index is 374. The van der Waals surface area contributed by atoms with Gasteiger partial charge in [0.1, 0.15) is 11.5 Å². The molecule has 0 saturated heterocycles. The number of rotatable bonds is 4. The summed E-state index contributed by atoms with van der Waals surface area (Å²) in [6.45, 7) is 1.82. The van der Waals surface area contributed by atoms with Gasteiger partial charge in [0.25, 0.3) is 0 Å². The maximum atomic E-state index is 11.5. The highest BCUT2D eigenvalue weighted by Gasteiger charge is 2.13. The van der Waals surface area contributed by atoms with E-state index in [1.54, 1.807) is 6.07 Å². The van der Waals surface area contributed by atoms with E-state index in [-0.39, 0.29) is 23.8 Å². The van der Waals surface area contributed by atoms with Crippen LogP contribution in [0.4, 0.5) is 0 Å². The molecular formula is C11H13ClO3. The maximum Gasteiger partial charge on any atom is 0.167 e. The van der Waals surface area contributed by atoms with Crippen LogP contribution >= 0.6 is 11.6 Å². The summed E-state index contributed by atoms with van der Waals surface area (Å²) in [7, 11) is 1.52. The molecule has 0 aliphatic rings. The lowest BCUT2D eigenvalue weighted by atomic mass is 10.0. The van der Waals surface area contributed by atoms with Crippen molar-refractivity contribution in [3.8, 4) is 11.5 Å². The largest absolute Gasteiger partial charge is 0.507 e. The van der Waals surface area contributed by atoms with Gasteiger partial charge in [-0.15, -0.1) is 11.6 Å². The van der Waals surface area contributed by atoms with Crippen molar-refractivity contribution >= 4 is 17.4 Å².